The van der Waals surface area contributed by atoms with Crippen molar-refractivity contribution in [1.82, 2.24) is 5.32 Å². The molecule has 0 aromatic carbocycles. The highest BCUT2D eigenvalue weighted by Gasteiger charge is 2.27. The topological polar surface area (TPSA) is 21.3 Å². The van der Waals surface area contributed by atoms with E-state index in [9.17, 15) is 0 Å². The summed E-state index contributed by atoms with van der Waals surface area (Å²) < 4.78 is 5.08. The molecule has 110 valence electrons. The van der Waals surface area contributed by atoms with Crippen molar-refractivity contribution in [2.24, 2.45) is 11.3 Å². The molecule has 0 aliphatic rings. The van der Waals surface area contributed by atoms with Crippen LogP contribution in [0.1, 0.15) is 66.2 Å². The van der Waals surface area contributed by atoms with Crippen LogP contribution in [-0.2, 0) is 4.74 Å². The highest BCUT2D eigenvalue weighted by Crippen LogP contribution is 2.32. The van der Waals surface area contributed by atoms with Crippen molar-refractivity contribution in [2.75, 3.05) is 26.8 Å². The minimum Gasteiger partial charge on any atom is -0.383 e. The number of unbranched alkanes of at least 4 members (excludes halogenated alkanes) is 4. The Labute approximate surface area is 115 Å². The van der Waals surface area contributed by atoms with Gasteiger partial charge in [-0.1, -0.05) is 59.8 Å². The zero-order valence-corrected chi connectivity index (χ0v) is 13.3. The summed E-state index contributed by atoms with van der Waals surface area (Å²) >= 11 is 0. The minimum atomic E-state index is 0.431. The van der Waals surface area contributed by atoms with Crippen LogP contribution in [-0.4, -0.2) is 26.8 Å². The number of rotatable bonds is 12. The van der Waals surface area contributed by atoms with Gasteiger partial charge < -0.3 is 10.1 Å². The molecule has 0 heterocycles. The van der Waals surface area contributed by atoms with E-state index in [4.69, 9.17) is 4.74 Å². The molecule has 0 aromatic heterocycles. The van der Waals surface area contributed by atoms with Crippen LogP contribution in [0.25, 0.3) is 0 Å². The Hall–Kier alpha value is -0.0800. The molecule has 0 fully saturated rings. The SMILES string of the molecule is CCCCCCCC(C)(CNCCOC)C(C)C. The maximum Gasteiger partial charge on any atom is 0.0587 e. The van der Waals surface area contributed by atoms with Crippen LogP contribution in [0, 0.1) is 11.3 Å². The molecule has 0 aliphatic heterocycles. The number of methoxy groups -OCH3 is 1. The Balaban J connectivity index is 3.86. The molecule has 18 heavy (non-hydrogen) atoms. The summed E-state index contributed by atoms with van der Waals surface area (Å²) in [5.74, 6) is 0.735. The lowest BCUT2D eigenvalue weighted by atomic mass is 9.75. The molecule has 0 rings (SSSR count). The third-order valence-corrected chi connectivity index (χ3v) is 4.26. The van der Waals surface area contributed by atoms with Crippen molar-refractivity contribution in [1.29, 1.82) is 0 Å². The predicted molar refractivity (Wildman–Crippen MR) is 81.1 cm³/mol. The summed E-state index contributed by atoms with van der Waals surface area (Å²) in [6, 6.07) is 0. The van der Waals surface area contributed by atoms with Crippen molar-refractivity contribution >= 4 is 0 Å². The van der Waals surface area contributed by atoms with Gasteiger partial charge in [-0.25, -0.2) is 0 Å². The molecule has 2 heteroatoms. The van der Waals surface area contributed by atoms with E-state index in [0.717, 1.165) is 25.6 Å². The third-order valence-electron chi connectivity index (χ3n) is 4.26. The first kappa shape index (κ1) is 17.9. The summed E-state index contributed by atoms with van der Waals surface area (Å²) in [4.78, 5) is 0. The highest BCUT2D eigenvalue weighted by atomic mass is 16.5. The number of ether oxygens (including phenoxy) is 1. The molecule has 2 nitrogen and oxygen atoms in total. The quantitative estimate of drug-likeness (QED) is 0.528. The molecule has 0 radical (unpaired) electrons. The van der Waals surface area contributed by atoms with Crippen molar-refractivity contribution in [2.45, 2.75) is 66.2 Å². The van der Waals surface area contributed by atoms with E-state index in [1.807, 2.05) is 0 Å². The van der Waals surface area contributed by atoms with Crippen LogP contribution in [0.2, 0.25) is 0 Å². The van der Waals surface area contributed by atoms with Gasteiger partial charge in [-0.05, 0) is 17.8 Å². The zero-order valence-electron chi connectivity index (χ0n) is 13.3. The van der Waals surface area contributed by atoms with Gasteiger partial charge in [-0.3, -0.25) is 0 Å². The van der Waals surface area contributed by atoms with E-state index < -0.39 is 0 Å². The summed E-state index contributed by atoms with van der Waals surface area (Å²) in [5, 5.41) is 3.54. The summed E-state index contributed by atoms with van der Waals surface area (Å²) in [6.07, 6.45) is 8.25. The van der Waals surface area contributed by atoms with E-state index >= 15 is 0 Å². The molecule has 1 unspecified atom stereocenters. The number of hydrogen-bond donors (Lipinski definition) is 1. The fourth-order valence-electron chi connectivity index (χ4n) is 2.26. The van der Waals surface area contributed by atoms with Crippen LogP contribution >= 0.6 is 0 Å². The second-order valence-corrected chi connectivity index (χ2v) is 6.14. The van der Waals surface area contributed by atoms with Crippen LogP contribution in [0.15, 0.2) is 0 Å². The molecule has 0 spiro atoms. The fraction of sp³-hybridized carbons (Fsp3) is 1.00. The Morgan fingerprint density at radius 2 is 1.78 bits per heavy atom. The van der Waals surface area contributed by atoms with Crippen molar-refractivity contribution in [3.63, 3.8) is 0 Å². The maximum absolute atomic E-state index is 5.08. The average Bonchev–Trinajstić information content (AvgIpc) is 2.34. The molecule has 0 bridgehead atoms. The molecular weight excluding hydrogens is 222 g/mol. The van der Waals surface area contributed by atoms with Gasteiger partial charge in [0.15, 0.2) is 0 Å². The van der Waals surface area contributed by atoms with E-state index in [2.05, 4.69) is 33.0 Å². The first-order valence-electron chi connectivity index (χ1n) is 7.76. The summed E-state index contributed by atoms with van der Waals surface area (Å²) in [7, 11) is 1.76. The van der Waals surface area contributed by atoms with E-state index in [1.165, 1.54) is 38.5 Å². The van der Waals surface area contributed by atoms with Crippen LogP contribution in [0.4, 0.5) is 0 Å². The Morgan fingerprint density at radius 1 is 1.11 bits per heavy atom. The first-order valence-corrected chi connectivity index (χ1v) is 7.76. The monoisotopic (exact) mass is 257 g/mol. The van der Waals surface area contributed by atoms with Crippen molar-refractivity contribution < 1.29 is 4.74 Å². The standard InChI is InChI=1S/C16H35NO/c1-6-7-8-9-10-11-16(4,15(2)3)14-17-12-13-18-5/h15,17H,6-14H2,1-5H3. The molecule has 1 atom stereocenters. The van der Waals surface area contributed by atoms with Gasteiger partial charge in [0.1, 0.15) is 0 Å². The van der Waals surface area contributed by atoms with E-state index in [0.29, 0.717) is 5.41 Å². The lowest BCUT2D eigenvalue weighted by Gasteiger charge is -2.34. The Morgan fingerprint density at radius 3 is 2.33 bits per heavy atom. The first-order chi connectivity index (χ1) is 8.56. The van der Waals surface area contributed by atoms with Gasteiger partial charge >= 0.3 is 0 Å². The number of nitrogens with one attached hydrogen (secondary N) is 1. The second kappa shape index (κ2) is 10.8. The summed E-state index contributed by atoms with van der Waals surface area (Å²) in [6.45, 7) is 12.3. The molecule has 0 amide bonds. The fourth-order valence-corrected chi connectivity index (χ4v) is 2.26. The molecule has 0 saturated carbocycles. The van der Waals surface area contributed by atoms with Gasteiger partial charge in [0.2, 0.25) is 0 Å². The summed E-state index contributed by atoms with van der Waals surface area (Å²) in [5.41, 5.74) is 0.431. The van der Waals surface area contributed by atoms with Crippen LogP contribution in [0.3, 0.4) is 0 Å². The lowest BCUT2D eigenvalue weighted by molar-refractivity contribution is 0.164. The minimum absolute atomic E-state index is 0.431. The highest BCUT2D eigenvalue weighted by molar-refractivity contribution is 4.80. The zero-order chi connectivity index (χ0) is 13.9. The van der Waals surface area contributed by atoms with Gasteiger partial charge in [0, 0.05) is 20.2 Å². The molecule has 1 N–H and O–H groups in total. The van der Waals surface area contributed by atoms with Crippen LogP contribution in [0.5, 0.6) is 0 Å². The van der Waals surface area contributed by atoms with E-state index in [1.54, 1.807) is 7.11 Å². The molecule has 0 aromatic rings. The Bertz CT molecular complexity index is 182. The third kappa shape index (κ3) is 8.10. The molecule has 0 aliphatic carbocycles. The Kier molecular flexibility index (Phi) is 10.8. The van der Waals surface area contributed by atoms with Crippen LogP contribution < -0.4 is 5.32 Å². The smallest absolute Gasteiger partial charge is 0.0587 e. The normalized spacial score (nSPS) is 15.0. The number of hydrogen-bond acceptors (Lipinski definition) is 2. The second-order valence-electron chi connectivity index (χ2n) is 6.14. The van der Waals surface area contributed by atoms with Crippen molar-refractivity contribution in [3.8, 4) is 0 Å². The van der Waals surface area contributed by atoms with Gasteiger partial charge in [0.05, 0.1) is 6.61 Å². The van der Waals surface area contributed by atoms with Gasteiger partial charge in [-0.15, -0.1) is 0 Å². The molecule has 0 saturated heterocycles. The van der Waals surface area contributed by atoms with E-state index in [-0.39, 0.29) is 0 Å². The maximum atomic E-state index is 5.08. The lowest BCUT2D eigenvalue weighted by Crippen LogP contribution is -2.37. The largest absolute Gasteiger partial charge is 0.383 e. The average molecular weight is 257 g/mol. The van der Waals surface area contributed by atoms with Gasteiger partial charge in [-0.2, -0.15) is 0 Å². The van der Waals surface area contributed by atoms with Gasteiger partial charge in [0.25, 0.3) is 0 Å². The van der Waals surface area contributed by atoms with Crippen molar-refractivity contribution in [3.05, 3.63) is 0 Å². The molecular formula is C16H35NO. The predicted octanol–water partition coefficient (Wildman–Crippen LogP) is 4.25.